The molecule has 0 aromatic heterocycles. The first kappa shape index (κ1) is 15.8. The molecule has 0 radical (unpaired) electrons. The van der Waals surface area contributed by atoms with E-state index in [1.54, 1.807) is 0 Å². The Bertz CT molecular complexity index is 30.7. The maximum atomic E-state index is 8.00. The molecule has 0 atom stereocenters. The quantitative estimate of drug-likeness (QED) is 0.197. The van der Waals surface area contributed by atoms with E-state index in [-0.39, 0.29) is 29.6 Å². The van der Waals surface area contributed by atoms with Crippen LogP contribution in [-0.4, -0.2) is 0 Å². The van der Waals surface area contributed by atoms with Crippen molar-refractivity contribution in [2.24, 2.45) is 10.7 Å². The Morgan fingerprint density at radius 3 is 1.00 bits per heavy atom. The molecule has 36 valence electrons. The predicted octanol–water partition coefficient (Wildman–Crippen LogP) is -2.49. The van der Waals surface area contributed by atoms with Gasteiger partial charge < -0.3 is 20.2 Å². The second-order valence-electron chi connectivity index (χ2n) is 0.149. The summed E-state index contributed by atoms with van der Waals surface area (Å²) >= 11 is 0. The van der Waals surface area contributed by atoms with Gasteiger partial charge in [-0.25, -0.2) is 0 Å². The summed E-state index contributed by atoms with van der Waals surface area (Å²) < 4.78 is 0. The van der Waals surface area contributed by atoms with Gasteiger partial charge in [-0.05, 0) is 0 Å². The van der Waals surface area contributed by atoms with E-state index in [1.807, 2.05) is 0 Å². The zero-order valence-electron chi connectivity index (χ0n) is 3.53. The topological polar surface area (TPSA) is 105 Å². The first-order chi connectivity index (χ1) is 2.83. The summed E-state index contributed by atoms with van der Waals surface area (Å²) in [4.78, 5) is 16.0. The minimum Gasteiger partial charge on any atom is -0.444 e. The van der Waals surface area contributed by atoms with Crippen molar-refractivity contribution in [3.8, 4) is 0 Å². The summed E-state index contributed by atoms with van der Waals surface area (Å²) in [5, 5.41) is 18.0. The number of nitrogens with zero attached hydrogens (tertiary/aromatic N) is 2. The maximum absolute atomic E-state index is 8.00. The van der Waals surface area contributed by atoms with Crippen molar-refractivity contribution in [1.29, 1.82) is 0 Å². The maximum Gasteiger partial charge on any atom is 1.00 e. The number of rotatable bonds is 0. The van der Waals surface area contributed by atoms with Crippen LogP contribution >= 0.6 is 0 Å². The zero-order chi connectivity index (χ0) is 5.41. The summed E-state index contributed by atoms with van der Waals surface area (Å²) in [5.41, 5.74) is 0. The summed E-state index contributed by atoms with van der Waals surface area (Å²) in [7, 11) is 0. The molecule has 0 bridgehead atoms. The molecular weight excluding hydrogens is 115 g/mol. The molecule has 0 rings (SSSR count). The second kappa shape index (κ2) is 41.2. The summed E-state index contributed by atoms with van der Waals surface area (Å²) in [6, 6.07) is 0. The van der Waals surface area contributed by atoms with Gasteiger partial charge in [-0.15, -0.1) is 10.7 Å². The van der Waals surface area contributed by atoms with Gasteiger partial charge in [0.1, 0.15) is 0 Å². The summed E-state index contributed by atoms with van der Waals surface area (Å²) in [6.45, 7) is 0. The van der Waals surface area contributed by atoms with Crippen molar-refractivity contribution in [2.75, 3.05) is 0 Å². The fraction of sp³-hybridized carbons (Fsp3) is 0. The van der Waals surface area contributed by atoms with E-state index in [1.165, 1.54) is 0 Å². The van der Waals surface area contributed by atoms with Crippen molar-refractivity contribution < 1.29 is 29.6 Å². The van der Waals surface area contributed by atoms with E-state index in [0.717, 1.165) is 10.7 Å². The smallest absolute Gasteiger partial charge is 0.444 e. The Morgan fingerprint density at radius 2 is 1.00 bits per heavy atom. The second-order valence-corrected chi connectivity index (χ2v) is 0.149. The van der Waals surface area contributed by atoms with Gasteiger partial charge in [0.05, 0.1) is 0 Å². The van der Waals surface area contributed by atoms with Crippen LogP contribution < -0.4 is 29.6 Å². The van der Waals surface area contributed by atoms with Crippen molar-refractivity contribution in [3.63, 3.8) is 0 Å². The molecule has 0 spiro atoms. The average Bonchev–Trinajstić information content (AvgIpc) is 1.39. The van der Waals surface area contributed by atoms with Crippen LogP contribution in [0.2, 0.25) is 0 Å². The molecule has 0 aliphatic carbocycles. The van der Waals surface area contributed by atoms with Crippen LogP contribution in [0.1, 0.15) is 0 Å². The minimum atomic E-state index is 0. The van der Waals surface area contributed by atoms with Gasteiger partial charge in [0.2, 0.25) is 0 Å². The molecular formula is N2NaO4-. The molecule has 7 heteroatoms. The van der Waals surface area contributed by atoms with Crippen molar-refractivity contribution in [2.45, 2.75) is 0 Å². The van der Waals surface area contributed by atoms with Crippen LogP contribution in [0.25, 0.3) is 0 Å². The molecule has 0 N–H and O–H groups in total. The third-order valence-corrected chi connectivity index (χ3v) is 0. The molecule has 0 saturated carbocycles. The molecule has 0 aromatic rings. The van der Waals surface area contributed by atoms with Gasteiger partial charge in [0.25, 0.3) is 0 Å². The van der Waals surface area contributed by atoms with E-state index >= 15 is 0 Å². The van der Waals surface area contributed by atoms with E-state index in [0.29, 0.717) is 0 Å². The molecule has 0 amide bonds. The van der Waals surface area contributed by atoms with Crippen LogP contribution in [0.15, 0.2) is 10.7 Å². The van der Waals surface area contributed by atoms with Gasteiger partial charge in [-0.2, -0.15) is 0 Å². The van der Waals surface area contributed by atoms with Crippen LogP contribution in [0.3, 0.4) is 0 Å². The third-order valence-electron chi connectivity index (χ3n) is 0. The van der Waals surface area contributed by atoms with Crippen molar-refractivity contribution >= 4 is 0 Å². The Hall–Kier alpha value is -0.200. The fourth-order valence-electron chi connectivity index (χ4n) is 0. The molecule has 0 aromatic carbocycles. The Morgan fingerprint density at radius 1 is 1.00 bits per heavy atom. The predicted molar refractivity (Wildman–Crippen MR) is 18.3 cm³/mol. The molecule has 6 nitrogen and oxygen atoms in total. The Labute approximate surface area is 60.7 Å². The average molecular weight is 115 g/mol. The summed E-state index contributed by atoms with van der Waals surface area (Å²) in [5.74, 6) is 0. The van der Waals surface area contributed by atoms with Gasteiger partial charge in [0, 0.05) is 0 Å². The van der Waals surface area contributed by atoms with Crippen LogP contribution in [-0.2, 0) is 0 Å². The van der Waals surface area contributed by atoms with Crippen molar-refractivity contribution in [3.05, 3.63) is 20.2 Å². The summed E-state index contributed by atoms with van der Waals surface area (Å²) in [6.07, 6.45) is 0. The van der Waals surface area contributed by atoms with Crippen molar-refractivity contribution in [1.82, 2.24) is 0 Å². The van der Waals surface area contributed by atoms with Crippen LogP contribution in [0.4, 0.5) is 0 Å². The number of hydrogen-bond donors (Lipinski definition) is 0. The first-order valence-corrected chi connectivity index (χ1v) is 0.730. The van der Waals surface area contributed by atoms with E-state index in [2.05, 4.69) is 0 Å². The first-order valence-electron chi connectivity index (χ1n) is 0.730. The standard InChI is InChI=1S/2HNO2.Na/c2*2-1-3;/h2*(H,2,3);/q;;+1/p-2. The van der Waals surface area contributed by atoms with E-state index in [4.69, 9.17) is 20.2 Å². The molecule has 0 heterocycles. The normalized spacial score (nSPS) is 3.43. The van der Waals surface area contributed by atoms with Gasteiger partial charge >= 0.3 is 29.6 Å². The molecule has 0 aliphatic heterocycles. The van der Waals surface area contributed by atoms with E-state index < -0.39 is 0 Å². The fourth-order valence-corrected chi connectivity index (χ4v) is 0. The SMILES string of the molecule is O=N[O-].O=N[O-].[Na+]. The largest absolute Gasteiger partial charge is 1.00 e. The third kappa shape index (κ3) is 2090. The van der Waals surface area contributed by atoms with Crippen LogP contribution in [0, 0.1) is 20.2 Å². The molecule has 7 heavy (non-hydrogen) atoms. The van der Waals surface area contributed by atoms with E-state index in [9.17, 15) is 0 Å². The monoisotopic (exact) mass is 115 g/mol. The molecule has 0 unspecified atom stereocenters. The van der Waals surface area contributed by atoms with Crippen LogP contribution in [0.5, 0.6) is 0 Å². The van der Waals surface area contributed by atoms with Gasteiger partial charge in [0.15, 0.2) is 0 Å². The zero-order valence-corrected chi connectivity index (χ0v) is 5.53. The molecule has 0 aliphatic rings. The Kier molecular flexibility index (Phi) is 93.3. The van der Waals surface area contributed by atoms with Gasteiger partial charge in [-0.3, -0.25) is 0 Å². The Balaban J connectivity index is -0.0000000400. The minimum absolute atomic E-state index is 0. The molecule has 0 fully saturated rings. The number of hydrogen-bond acceptors (Lipinski definition) is 6. The molecule has 0 saturated heterocycles. The van der Waals surface area contributed by atoms with Gasteiger partial charge in [-0.1, -0.05) is 0 Å².